The highest BCUT2D eigenvalue weighted by molar-refractivity contribution is 5.39. The molecule has 0 amide bonds. The second kappa shape index (κ2) is 7.83. The second-order valence-corrected chi connectivity index (χ2v) is 4.64. The van der Waals surface area contributed by atoms with Crippen LogP contribution in [0.5, 0.6) is 5.75 Å². The molecule has 0 aliphatic rings. The summed E-state index contributed by atoms with van der Waals surface area (Å²) in [5, 5.41) is 0. The summed E-state index contributed by atoms with van der Waals surface area (Å²) in [5.41, 5.74) is 3.74. The van der Waals surface area contributed by atoms with Crippen LogP contribution in [0.4, 0.5) is 0 Å². The highest BCUT2D eigenvalue weighted by atomic mass is 16.5. The van der Waals surface area contributed by atoms with Crippen molar-refractivity contribution in [3.05, 3.63) is 53.5 Å². The summed E-state index contributed by atoms with van der Waals surface area (Å²) in [5.74, 6) is 8.20. The summed E-state index contributed by atoms with van der Waals surface area (Å²) >= 11 is 0. The van der Waals surface area contributed by atoms with Crippen molar-refractivity contribution >= 4 is 0 Å². The van der Waals surface area contributed by atoms with Crippen LogP contribution in [-0.2, 0) is 11.2 Å². The Balaban J connectivity index is 2.24. The van der Waals surface area contributed by atoms with Crippen LogP contribution in [0.3, 0.4) is 0 Å². The van der Waals surface area contributed by atoms with Crippen LogP contribution in [0.25, 0.3) is 0 Å². The standard InChI is InChI=1S/C16H22N2O3/c1-3-12-8-9-15(21-12)16(18-17)13-6-4-5-7-14(13)20-11-10-19-2/h4-9,16,18H,3,10-11,17H2,1-2H3. The lowest BCUT2D eigenvalue weighted by molar-refractivity contribution is 0.145. The Labute approximate surface area is 125 Å². The molecule has 114 valence electrons. The Bertz CT molecular complexity index is 554. The molecule has 0 bridgehead atoms. The van der Waals surface area contributed by atoms with E-state index in [0.717, 1.165) is 29.3 Å². The molecule has 1 atom stereocenters. The van der Waals surface area contributed by atoms with Crippen LogP contribution in [0.1, 0.15) is 30.0 Å². The number of hydrogen-bond acceptors (Lipinski definition) is 5. The maximum atomic E-state index is 5.80. The number of para-hydroxylation sites is 1. The van der Waals surface area contributed by atoms with Crippen LogP contribution in [-0.4, -0.2) is 20.3 Å². The summed E-state index contributed by atoms with van der Waals surface area (Å²) in [6.07, 6.45) is 0.850. The third kappa shape index (κ3) is 3.85. The van der Waals surface area contributed by atoms with Gasteiger partial charge in [-0.25, -0.2) is 5.43 Å². The Morgan fingerprint density at radius 1 is 1.19 bits per heavy atom. The topological polar surface area (TPSA) is 69.7 Å². The molecule has 5 heteroatoms. The van der Waals surface area contributed by atoms with Crippen LogP contribution in [0, 0.1) is 0 Å². The molecule has 2 aromatic rings. The molecule has 3 N–H and O–H groups in total. The second-order valence-electron chi connectivity index (χ2n) is 4.64. The van der Waals surface area contributed by atoms with Crippen molar-refractivity contribution in [3.8, 4) is 5.75 Å². The van der Waals surface area contributed by atoms with Crippen molar-refractivity contribution in [1.82, 2.24) is 5.43 Å². The van der Waals surface area contributed by atoms with E-state index in [1.165, 1.54) is 0 Å². The fourth-order valence-corrected chi connectivity index (χ4v) is 2.15. The first-order valence-corrected chi connectivity index (χ1v) is 7.05. The Morgan fingerprint density at radius 2 is 2.00 bits per heavy atom. The van der Waals surface area contributed by atoms with Gasteiger partial charge in [-0.2, -0.15) is 0 Å². The minimum Gasteiger partial charge on any atom is -0.491 e. The molecule has 0 saturated heterocycles. The normalized spacial score (nSPS) is 12.3. The van der Waals surface area contributed by atoms with Gasteiger partial charge in [0.2, 0.25) is 0 Å². The lowest BCUT2D eigenvalue weighted by Gasteiger charge is -2.18. The van der Waals surface area contributed by atoms with Crippen molar-refractivity contribution in [3.63, 3.8) is 0 Å². The Hall–Kier alpha value is -1.82. The average Bonchev–Trinajstić information content (AvgIpc) is 2.98. The van der Waals surface area contributed by atoms with Gasteiger partial charge < -0.3 is 13.9 Å². The van der Waals surface area contributed by atoms with E-state index >= 15 is 0 Å². The van der Waals surface area contributed by atoms with E-state index in [-0.39, 0.29) is 6.04 Å². The number of methoxy groups -OCH3 is 1. The van der Waals surface area contributed by atoms with Gasteiger partial charge in [0.05, 0.1) is 6.61 Å². The Morgan fingerprint density at radius 3 is 2.67 bits per heavy atom. The molecule has 0 saturated carbocycles. The molecule has 0 radical (unpaired) electrons. The van der Waals surface area contributed by atoms with Crippen molar-refractivity contribution in [2.75, 3.05) is 20.3 Å². The number of rotatable bonds is 8. The molecule has 1 aromatic carbocycles. The molecule has 1 aromatic heterocycles. The van der Waals surface area contributed by atoms with Crippen molar-refractivity contribution in [1.29, 1.82) is 0 Å². The lowest BCUT2D eigenvalue weighted by atomic mass is 10.0. The number of nitrogens with one attached hydrogen (secondary N) is 1. The van der Waals surface area contributed by atoms with Gasteiger partial charge >= 0.3 is 0 Å². The van der Waals surface area contributed by atoms with E-state index in [1.807, 2.05) is 36.4 Å². The lowest BCUT2D eigenvalue weighted by Crippen LogP contribution is -2.29. The zero-order valence-corrected chi connectivity index (χ0v) is 12.5. The molecule has 1 unspecified atom stereocenters. The predicted octanol–water partition coefficient (Wildman–Crippen LogP) is 2.42. The minimum atomic E-state index is -0.246. The van der Waals surface area contributed by atoms with E-state index < -0.39 is 0 Å². The molecular weight excluding hydrogens is 268 g/mol. The zero-order valence-electron chi connectivity index (χ0n) is 12.5. The van der Waals surface area contributed by atoms with Crippen molar-refractivity contribution < 1.29 is 13.9 Å². The molecule has 0 aliphatic heterocycles. The van der Waals surface area contributed by atoms with Crippen molar-refractivity contribution in [2.24, 2.45) is 5.84 Å². The maximum absolute atomic E-state index is 5.80. The summed E-state index contributed by atoms with van der Waals surface area (Å²) in [6, 6.07) is 11.4. The van der Waals surface area contributed by atoms with E-state index in [1.54, 1.807) is 7.11 Å². The van der Waals surface area contributed by atoms with Crippen LogP contribution < -0.4 is 16.0 Å². The SMILES string of the molecule is CCc1ccc(C(NN)c2ccccc2OCCOC)o1. The number of furan rings is 1. The van der Waals surface area contributed by atoms with Gasteiger partial charge in [0.15, 0.2) is 0 Å². The van der Waals surface area contributed by atoms with Crippen LogP contribution in [0.15, 0.2) is 40.8 Å². The van der Waals surface area contributed by atoms with E-state index in [0.29, 0.717) is 13.2 Å². The fraction of sp³-hybridized carbons (Fsp3) is 0.375. The highest BCUT2D eigenvalue weighted by Crippen LogP contribution is 2.30. The van der Waals surface area contributed by atoms with Gasteiger partial charge in [-0.05, 0) is 18.2 Å². The number of benzene rings is 1. The number of hydrazine groups is 1. The molecule has 21 heavy (non-hydrogen) atoms. The summed E-state index contributed by atoms with van der Waals surface area (Å²) in [4.78, 5) is 0. The molecular formula is C16H22N2O3. The highest BCUT2D eigenvalue weighted by Gasteiger charge is 2.20. The van der Waals surface area contributed by atoms with Gasteiger partial charge in [-0.1, -0.05) is 25.1 Å². The molecule has 5 nitrogen and oxygen atoms in total. The molecule has 0 spiro atoms. The van der Waals surface area contributed by atoms with Gasteiger partial charge in [-0.15, -0.1) is 0 Å². The maximum Gasteiger partial charge on any atom is 0.127 e. The molecule has 2 rings (SSSR count). The first-order chi connectivity index (χ1) is 10.3. The molecule has 0 fully saturated rings. The largest absolute Gasteiger partial charge is 0.491 e. The van der Waals surface area contributed by atoms with Crippen LogP contribution in [0.2, 0.25) is 0 Å². The molecule has 1 heterocycles. The Kier molecular flexibility index (Phi) is 5.80. The predicted molar refractivity (Wildman–Crippen MR) is 81.1 cm³/mol. The smallest absolute Gasteiger partial charge is 0.127 e. The summed E-state index contributed by atoms with van der Waals surface area (Å²) < 4.78 is 16.6. The third-order valence-electron chi connectivity index (χ3n) is 3.26. The number of hydrogen-bond donors (Lipinski definition) is 2. The van der Waals surface area contributed by atoms with Gasteiger partial charge in [0, 0.05) is 19.1 Å². The first-order valence-electron chi connectivity index (χ1n) is 7.05. The van der Waals surface area contributed by atoms with Crippen molar-refractivity contribution in [2.45, 2.75) is 19.4 Å². The molecule has 0 aliphatic carbocycles. The van der Waals surface area contributed by atoms with E-state index in [2.05, 4.69) is 12.3 Å². The summed E-state index contributed by atoms with van der Waals surface area (Å²) in [6.45, 7) is 3.08. The first kappa shape index (κ1) is 15.6. The van der Waals surface area contributed by atoms with E-state index in [4.69, 9.17) is 19.7 Å². The quantitative estimate of drug-likeness (QED) is 0.444. The number of ether oxygens (including phenoxy) is 2. The third-order valence-corrected chi connectivity index (χ3v) is 3.26. The van der Waals surface area contributed by atoms with E-state index in [9.17, 15) is 0 Å². The van der Waals surface area contributed by atoms with Gasteiger partial charge in [0.1, 0.15) is 29.9 Å². The average molecular weight is 290 g/mol. The monoisotopic (exact) mass is 290 g/mol. The van der Waals surface area contributed by atoms with Crippen LogP contribution >= 0.6 is 0 Å². The fourth-order valence-electron chi connectivity index (χ4n) is 2.15. The van der Waals surface area contributed by atoms with Gasteiger partial charge in [0.25, 0.3) is 0 Å². The minimum absolute atomic E-state index is 0.246. The number of nitrogens with two attached hydrogens (primary N) is 1. The zero-order chi connectivity index (χ0) is 15.1. The van der Waals surface area contributed by atoms with Gasteiger partial charge in [-0.3, -0.25) is 5.84 Å². The number of aryl methyl sites for hydroxylation is 1. The summed E-state index contributed by atoms with van der Waals surface area (Å²) in [7, 11) is 1.65.